The van der Waals surface area contributed by atoms with E-state index in [4.69, 9.17) is 9.47 Å². The Balaban J connectivity index is 1.75. The Morgan fingerprint density at radius 3 is 2.05 bits per heavy atom. The molecule has 114 valence electrons. The van der Waals surface area contributed by atoms with Crippen molar-refractivity contribution < 1.29 is 9.47 Å². The van der Waals surface area contributed by atoms with Crippen LogP contribution < -0.4 is 14.8 Å². The minimum absolute atomic E-state index is 0.330. The molecule has 0 spiro atoms. The minimum Gasteiger partial charge on any atom is -0.497 e. The van der Waals surface area contributed by atoms with Gasteiger partial charge in [0.2, 0.25) is 0 Å². The van der Waals surface area contributed by atoms with Gasteiger partial charge in [-0.05, 0) is 58.5 Å². The lowest BCUT2D eigenvalue weighted by molar-refractivity contribution is 0.414. The Bertz CT molecular complexity index is 641. The largest absolute Gasteiger partial charge is 0.497 e. The highest BCUT2D eigenvalue weighted by atomic mass is 32.7. The Kier molecular flexibility index (Phi) is 5.35. The smallest absolute Gasteiger partial charge is 0.118 e. The molecule has 0 aliphatic carbocycles. The van der Waals surface area contributed by atoms with E-state index in [0.717, 1.165) is 11.5 Å². The van der Waals surface area contributed by atoms with E-state index in [1.54, 1.807) is 14.2 Å². The minimum atomic E-state index is -0.330. The van der Waals surface area contributed by atoms with Gasteiger partial charge in [-0.1, -0.05) is 12.1 Å². The number of hydrogen-bond donors (Lipinski definition) is 0. The molecule has 1 aliphatic rings. The van der Waals surface area contributed by atoms with E-state index >= 15 is 0 Å². The summed E-state index contributed by atoms with van der Waals surface area (Å²) in [5, 5.41) is 3.61. The summed E-state index contributed by atoms with van der Waals surface area (Å²) in [6.07, 6.45) is 0. The molecular formula is C17H17O2PS2. The fraction of sp³-hybridized carbons (Fsp3) is 0.176. The fourth-order valence-electron chi connectivity index (χ4n) is 2.10. The highest BCUT2D eigenvalue weighted by Crippen LogP contribution is 2.64. The molecule has 2 nitrogen and oxygen atoms in total. The predicted molar refractivity (Wildman–Crippen MR) is 99.6 cm³/mol. The van der Waals surface area contributed by atoms with Crippen LogP contribution in [0.3, 0.4) is 0 Å². The molecule has 2 aromatic rings. The summed E-state index contributed by atoms with van der Waals surface area (Å²) in [6, 6.07) is 16.8. The summed E-state index contributed by atoms with van der Waals surface area (Å²) in [6.45, 7) is 0. The third-order valence-electron chi connectivity index (χ3n) is 3.32. The lowest BCUT2D eigenvalue weighted by atomic mass is 10.2. The summed E-state index contributed by atoms with van der Waals surface area (Å²) in [5.74, 6) is 4.14. The number of ether oxygens (including phenoxy) is 2. The van der Waals surface area contributed by atoms with Crippen LogP contribution in [-0.2, 0) is 0 Å². The van der Waals surface area contributed by atoms with Gasteiger partial charge in [0.1, 0.15) is 11.5 Å². The second-order valence-corrected chi connectivity index (χ2v) is 9.93. The third kappa shape index (κ3) is 3.62. The van der Waals surface area contributed by atoms with Crippen LogP contribution >= 0.6 is 30.3 Å². The van der Waals surface area contributed by atoms with Crippen molar-refractivity contribution in [3.63, 3.8) is 0 Å². The fourth-order valence-corrected chi connectivity index (χ4v) is 8.62. The normalized spacial score (nSPS) is 20.6. The number of thioether (sulfide) groups is 1. The molecule has 0 saturated heterocycles. The van der Waals surface area contributed by atoms with Gasteiger partial charge >= 0.3 is 0 Å². The predicted octanol–water partition coefficient (Wildman–Crippen LogP) is 5.38. The first-order chi connectivity index (χ1) is 10.8. The maximum atomic E-state index is 5.24. The summed E-state index contributed by atoms with van der Waals surface area (Å²) >= 11 is 3.89. The monoisotopic (exact) mass is 348 g/mol. The van der Waals surface area contributed by atoms with Crippen molar-refractivity contribution in [3.05, 3.63) is 65.3 Å². The third-order valence-corrected chi connectivity index (χ3v) is 9.62. The maximum absolute atomic E-state index is 5.24. The standard InChI is InChI=1S/C17H17O2PS2/c1-18-14-5-3-13(4-6-14)17-21-12-11-20(22-17)16-9-7-15(19-2)8-10-16/h3-12,17H,1-2H3. The van der Waals surface area contributed by atoms with E-state index in [-0.39, 0.29) is 7.12 Å². The molecule has 0 amide bonds. The number of benzene rings is 2. The van der Waals surface area contributed by atoms with E-state index in [1.165, 1.54) is 10.9 Å². The Morgan fingerprint density at radius 2 is 1.45 bits per heavy atom. The number of rotatable bonds is 4. The van der Waals surface area contributed by atoms with Crippen LogP contribution in [-0.4, -0.2) is 14.2 Å². The van der Waals surface area contributed by atoms with Gasteiger partial charge in [0.25, 0.3) is 0 Å². The molecule has 2 aromatic carbocycles. The van der Waals surface area contributed by atoms with E-state index < -0.39 is 0 Å². The van der Waals surface area contributed by atoms with E-state index in [1.807, 2.05) is 47.4 Å². The molecule has 0 fully saturated rings. The second-order valence-electron chi connectivity index (χ2n) is 4.66. The molecule has 0 saturated carbocycles. The summed E-state index contributed by atoms with van der Waals surface area (Å²) in [5.41, 5.74) is 1.33. The van der Waals surface area contributed by atoms with Crippen molar-refractivity contribution in [2.75, 3.05) is 14.2 Å². The van der Waals surface area contributed by atoms with Gasteiger partial charge in [-0.25, -0.2) is 0 Å². The molecule has 0 bridgehead atoms. The Morgan fingerprint density at radius 1 is 0.864 bits per heavy atom. The summed E-state index contributed by atoms with van der Waals surface area (Å²) < 4.78 is 10.9. The zero-order valence-electron chi connectivity index (χ0n) is 12.4. The highest BCUT2D eigenvalue weighted by Gasteiger charge is 2.22. The molecule has 1 aliphatic heterocycles. The van der Waals surface area contributed by atoms with Crippen molar-refractivity contribution in [1.82, 2.24) is 0 Å². The molecular weight excluding hydrogens is 331 g/mol. The first-order valence-electron chi connectivity index (χ1n) is 6.86. The van der Waals surface area contributed by atoms with Crippen LogP contribution in [0.1, 0.15) is 10.1 Å². The van der Waals surface area contributed by atoms with Crippen LogP contribution in [0.5, 0.6) is 11.5 Å². The van der Waals surface area contributed by atoms with E-state index in [9.17, 15) is 0 Å². The quantitative estimate of drug-likeness (QED) is 0.691. The van der Waals surface area contributed by atoms with Crippen molar-refractivity contribution in [2.45, 2.75) is 4.58 Å². The first kappa shape index (κ1) is 15.8. The van der Waals surface area contributed by atoms with Gasteiger partial charge in [-0.3, -0.25) is 0 Å². The average Bonchev–Trinajstić information content (AvgIpc) is 2.62. The zero-order valence-corrected chi connectivity index (χ0v) is 15.0. The van der Waals surface area contributed by atoms with Gasteiger partial charge in [0.15, 0.2) is 0 Å². The van der Waals surface area contributed by atoms with Crippen LogP contribution in [0.2, 0.25) is 0 Å². The lowest BCUT2D eigenvalue weighted by Crippen LogP contribution is -2.00. The number of hydrogen-bond acceptors (Lipinski definition) is 4. The van der Waals surface area contributed by atoms with Crippen LogP contribution in [0, 0.1) is 0 Å². The SMILES string of the molecule is COc1ccc(C2SC=CP(c3ccc(OC)cc3)S2)cc1. The van der Waals surface area contributed by atoms with Crippen molar-refractivity contribution in [2.24, 2.45) is 0 Å². The Hall–Kier alpha value is -1.09. The Labute approximate surface area is 140 Å². The van der Waals surface area contributed by atoms with Gasteiger partial charge < -0.3 is 9.47 Å². The summed E-state index contributed by atoms with van der Waals surface area (Å²) in [7, 11) is 3.07. The molecule has 0 radical (unpaired) electrons. The number of methoxy groups -OCH3 is 2. The molecule has 0 aromatic heterocycles. The topological polar surface area (TPSA) is 18.5 Å². The first-order valence-corrected chi connectivity index (χ1v) is 10.7. The van der Waals surface area contributed by atoms with Gasteiger partial charge in [0, 0.05) is 7.12 Å². The van der Waals surface area contributed by atoms with E-state index in [2.05, 4.69) is 35.5 Å². The van der Waals surface area contributed by atoms with Crippen molar-refractivity contribution in [1.29, 1.82) is 0 Å². The van der Waals surface area contributed by atoms with Crippen LogP contribution in [0.15, 0.2) is 59.8 Å². The van der Waals surface area contributed by atoms with Crippen molar-refractivity contribution >= 4 is 35.6 Å². The zero-order chi connectivity index (χ0) is 15.4. The highest BCUT2D eigenvalue weighted by molar-refractivity contribution is 8.62. The average molecular weight is 348 g/mol. The summed E-state index contributed by atoms with van der Waals surface area (Å²) in [4.78, 5) is 0. The molecule has 2 atom stereocenters. The molecule has 1 heterocycles. The van der Waals surface area contributed by atoms with Crippen LogP contribution in [0.25, 0.3) is 0 Å². The second kappa shape index (κ2) is 7.45. The molecule has 2 unspecified atom stereocenters. The lowest BCUT2D eigenvalue weighted by Gasteiger charge is -2.24. The van der Waals surface area contributed by atoms with Gasteiger partial charge in [0.05, 0.1) is 18.8 Å². The van der Waals surface area contributed by atoms with E-state index in [0.29, 0.717) is 4.58 Å². The van der Waals surface area contributed by atoms with Crippen molar-refractivity contribution in [3.8, 4) is 11.5 Å². The molecule has 0 N–H and O–H groups in total. The molecule has 22 heavy (non-hydrogen) atoms. The maximum Gasteiger partial charge on any atom is 0.118 e. The molecule has 5 heteroatoms. The van der Waals surface area contributed by atoms with Gasteiger partial charge in [-0.15, -0.1) is 23.1 Å². The van der Waals surface area contributed by atoms with Crippen LogP contribution in [0.4, 0.5) is 0 Å². The molecule has 3 rings (SSSR count). The van der Waals surface area contributed by atoms with Gasteiger partial charge in [-0.2, -0.15) is 0 Å².